The number of nitrogens with two attached hydrogens (primary N) is 1. The Bertz CT molecular complexity index is 529. The van der Waals surface area contributed by atoms with Gasteiger partial charge in [0.15, 0.2) is 11.5 Å². The summed E-state index contributed by atoms with van der Waals surface area (Å²) < 4.78 is 10.4. The van der Waals surface area contributed by atoms with Crippen molar-refractivity contribution in [2.45, 2.75) is 13.8 Å². The predicted molar refractivity (Wildman–Crippen MR) is 80.7 cm³/mol. The Kier molecular flexibility index (Phi) is 5.98. The van der Waals surface area contributed by atoms with Crippen molar-refractivity contribution >= 4 is 23.2 Å². The van der Waals surface area contributed by atoms with Crippen molar-refractivity contribution in [1.82, 2.24) is 0 Å². The van der Waals surface area contributed by atoms with Crippen molar-refractivity contribution in [2.75, 3.05) is 31.4 Å². The lowest BCUT2D eigenvalue weighted by Crippen LogP contribution is -2.24. The fourth-order valence-electron chi connectivity index (χ4n) is 1.56. The summed E-state index contributed by atoms with van der Waals surface area (Å²) in [5.41, 5.74) is 6.12. The number of ether oxygens (including phenoxy) is 2. The predicted octanol–water partition coefficient (Wildman–Crippen LogP) is 1.20. The molecule has 0 unspecified atom stereocenters. The molecule has 0 atom stereocenters. The second kappa shape index (κ2) is 7.49. The number of carbonyl (C=O) groups is 2. The first kappa shape index (κ1) is 16.8. The molecule has 0 aromatic heterocycles. The first-order valence-corrected chi connectivity index (χ1v) is 6.49. The quantitative estimate of drug-likeness (QED) is 0.731. The van der Waals surface area contributed by atoms with Gasteiger partial charge < -0.3 is 25.8 Å². The number of nitrogens with one attached hydrogen (secondary N) is 2. The number of carbonyl (C=O) groups excluding carboxylic acids is 2. The molecule has 0 spiro atoms. The molecule has 0 aliphatic heterocycles. The third-order valence-corrected chi connectivity index (χ3v) is 2.77. The van der Waals surface area contributed by atoms with Gasteiger partial charge in [-0.15, -0.1) is 0 Å². The average Bonchev–Trinajstić information content (AvgIpc) is 2.47. The molecule has 1 aromatic carbocycles. The van der Waals surface area contributed by atoms with Crippen LogP contribution in [0.3, 0.4) is 0 Å². The number of rotatable bonds is 6. The molecule has 1 rings (SSSR count). The molecule has 0 bridgehead atoms. The summed E-state index contributed by atoms with van der Waals surface area (Å²) in [6.07, 6.45) is 0. The lowest BCUT2D eigenvalue weighted by atomic mass is 10.1. The minimum atomic E-state index is -0.373. The van der Waals surface area contributed by atoms with Crippen LogP contribution in [-0.4, -0.2) is 32.6 Å². The number of hydrogen-bond donors (Lipinski definition) is 3. The van der Waals surface area contributed by atoms with E-state index in [1.165, 1.54) is 14.2 Å². The molecule has 0 aliphatic rings. The van der Waals surface area contributed by atoms with Crippen molar-refractivity contribution in [1.29, 1.82) is 0 Å². The van der Waals surface area contributed by atoms with Gasteiger partial charge in [0, 0.05) is 18.1 Å². The van der Waals surface area contributed by atoms with Gasteiger partial charge in [-0.1, -0.05) is 13.8 Å². The van der Waals surface area contributed by atoms with Crippen LogP contribution in [0, 0.1) is 5.92 Å². The maximum absolute atomic E-state index is 11.9. The van der Waals surface area contributed by atoms with Crippen molar-refractivity contribution in [3.05, 3.63) is 12.1 Å². The van der Waals surface area contributed by atoms with Crippen LogP contribution >= 0.6 is 0 Å². The maximum atomic E-state index is 11.9. The molecule has 7 nitrogen and oxygen atoms in total. The number of benzene rings is 1. The van der Waals surface area contributed by atoms with Crippen molar-refractivity contribution in [2.24, 2.45) is 11.7 Å². The SMILES string of the molecule is COc1cc(NC(=O)CN)c(NC(=O)C(C)C)cc1OC. The molecule has 0 heterocycles. The third kappa shape index (κ3) is 4.35. The Morgan fingerprint density at radius 3 is 1.95 bits per heavy atom. The molecular formula is C14H21N3O4. The number of hydrogen-bond acceptors (Lipinski definition) is 5. The average molecular weight is 295 g/mol. The third-order valence-electron chi connectivity index (χ3n) is 2.77. The zero-order chi connectivity index (χ0) is 16.0. The monoisotopic (exact) mass is 295 g/mol. The highest BCUT2D eigenvalue weighted by Gasteiger charge is 2.16. The summed E-state index contributed by atoms with van der Waals surface area (Å²) in [7, 11) is 2.97. The molecule has 0 saturated heterocycles. The van der Waals surface area contributed by atoms with E-state index in [2.05, 4.69) is 10.6 Å². The molecule has 0 radical (unpaired) electrons. The maximum Gasteiger partial charge on any atom is 0.238 e. The Labute approximate surface area is 123 Å². The first-order valence-electron chi connectivity index (χ1n) is 6.49. The van der Waals surface area contributed by atoms with Crippen LogP contribution in [0.2, 0.25) is 0 Å². The van der Waals surface area contributed by atoms with Crippen LogP contribution in [0.5, 0.6) is 11.5 Å². The van der Waals surface area contributed by atoms with Gasteiger partial charge in [0.1, 0.15) is 0 Å². The standard InChI is InChI=1S/C14H21N3O4/c1-8(2)14(19)17-10-6-12(21-4)11(20-3)5-9(10)16-13(18)7-15/h5-6,8H,7,15H2,1-4H3,(H,16,18)(H,17,19). The van der Waals surface area contributed by atoms with Gasteiger partial charge in [0.2, 0.25) is 11.8 Å². The highest BCUT2D eigenvalue weighted by molar-refractivity contribution is 6.01. The largest absolute Gasteiger partial charge is 0.493 e. The van der Waals surface area contributed by atoms with Gasteiger partial charge in [0.25, 0.3) is 0 Å². The second-order valence-corrected chi connectivity index (χ2v) is 4.65. The minimum Gasteiger partial charge on any atom is -0.493 e. The van der Waals surface area contributed by atoms with Gasteiger partial charge in [-0.3, -0.25) is 9.59 Å². The lowest BCUT2D eigenvalue weighted by Gasteiger charge is -2.17. The summed E-state index contributed by atoms with van der Waals surface area (Å²) in [6, 6.07) is 3.16. The lowest BCUT2D eigenvalue weighted by molar-refractivity contribution is -0.119. The number of methoxy groups -OCH3 is 2. The summed E-state index contributed by atoms with van der Waals surface area (Å²) in [4.78, 5) is 23.3. The molecule has 0 fully saturated rings. The number of amides is 2. The molecule has 7 heteroatoms. The zero-order valence-corrected chi connectivity index (χ0v) is 12.6. The van der Waals surface area contributed by atoms with E-state index in [0.717, 1.165) is 0 Å². The first-order chi connectivity index (χ1) is 9.92. The van der Waals surface area contributed by atoms with Crippen LogP contribution in [0.4, 0.5) is 11.4 Å². The van der Waals surface area contributed by atoms with E-state index >= 15 is 0 Å². The van der Waals surface area contributed by atoms with Crippen LogP contribution in [0.1, 0.15) is 13.8 Å². The fraction of sp³-hybridized carbons (Fsp3) is 0.429. The van der Waals surface area contributed by atoms with Crippen LogP contribution in [-0.2, 0) is 9.59 Å². The molecule has 0 aliphatic carbocycles. The van der Waals surface area contributed by atoms with Gasteiger partial charge in [-0.2, -0.15) is 0 Å². The fourth-order valence-corrected chi connectivity index (χ4v) is 1.56. The molecule has 2 amide bonds. The van der Waals surface area contributed by atoms with E-state index in [1.54, 1.807) is 26.0 Å². The van der Waals surface area contributed by atoms with E-state index in [9.17, 15) is 9.59 Å². The van der Waals surface area contributed by atoms with E-state index in [4.69, 9.17) is 15.2 Å². The van der Waals surface area contributed by atoms with Gasteiger partial charge in [0.05, 0.1) is 32.1 Å². The smallest absolute Gasteiger partial charge is 0.238 e. The normalized spacial score (nSPS) is 10.2. The highest BCUT2D eigenvalue weighted by atomic mass is 16.5. The summed E-state index contributed by atoms with van der Waals surface area (Å²) in [6.45, 7) is 3.38. The van der Waals surface area contributed by atoms with E-state index in [-0.39, 0.29) is 24.3 Å². The molecule has 21 heavy (non-hydrogen) atoms. The molecular weight excluding hydrogens is 274 g/mol. The van der Waals surface area contributed by atoms with Crippen LogP contribution < -0.4 is 25.8 Å². The molecule has 0 saturated carbocycles. The van der Waals surface area contributed by atoms with Crippen molar-refractivity contribution in [3.8, 4) is 11.5 Å². The second-order valence-electron chi connectivity index (χ2n) is 4.65. The molecule has 4 N–H and O–H groups in total. The Morgan fingerprint density at radius 2 is 1.57 bits per heavy atom. The highest BCUT2D eigenvalue weighted by Crippen LogP contribution is 2.36. The Balaban J connectivity index is 3.22. The molecule has 1 aromatic rings. The Morgan fingerprint density at radius 1 is 1.10 bits per heavy atom. The van der Waals surface area contributed by atoms with Gasteiger partial charge in [-0.05, 0) is 0 Å². The minimum absolute atomic E-state index is 0.161. The van der Waals surface area contributed by atoms with Crippen LogP contribution in [0.15, 0.2) is 12.1 Å². The summed E-state index contributed by atoms with van der Waals surface area (Å²) in [5, 5.41) is 5.35. The molecule has 116 valence electrons. The van der Waals surface area contributed by atoms with Crippen molar-refractivity contribution in [3.63, 3.8) is 0 Å². The van der Waals surface area contributed by atoms with E-state index in [1.807, 2.05) is 0 Å². The zero-order valence-electron chi connectivity index (χ0n) is 12.6. The van der Waals surface area contributed by atoms with Gasteiger partial charge in [-0.25, -0.2) is 0 Å². The van der Waals surface area contributed by atoms with E-state index < -0.39 is 0 Å². The Hall–Kier alpha value is -2.28. The van der Waals surface area contributed by atoms with Crippen molar-refractivity contribution < 1.29 is 19.1 Å². The summed E-state index contributed by atoms with van der Waals surface area (Å²) >= 11 is 0. The number of anilines is 2. The summed E-state index contributed by atoms with van der Waals surface area (Å²) in [5.74, 6) is 0.138. The topological polar surface area (TPSA) is 103 Å². The van der Waals surface area contributed by atoms with E-state index in [0.29, 0.717) is 22.9 Å². The van der Waals surface area contributed by atoms with Crippen LogP contribution in [0.25, 0.3) is 0 Å². The van der Waals surface area contributed by atoms with Gasteiger partial charge >= 0.3 is 0 Å².